The van der Waals surface area contributed by atoms with Crippen LogP contribution >= 0.6 is 0 Å². The van der Waals surface area contributed by atoms with E-state index >= 15 is 0 Å². The maximum atomic E-state index is 9.88. The van der Waals surface area contributed by atoms with Crippen LogP contribution in [0.1, 0.15) is 6.42 Å². The van der Waals surface area contributed by atoms with E-state index in [9.17, 15) is 4.79 Å². The van der Waals surface area contributed by atoms with Gasteiger partial charge in [-0.2, -0.15) is 0 Å². The Morgan fingerprint density at radius 3 is 2.22 bits per heavy atom. The third-order valence-corrected chi connectivity index (χ3v) is 0.823. The molecule has 0 saturated heterocycles. The Balaban J connectivity index is 3.63. The number of rotatable bonds is 3. The van der Waals surface area contributed by atoms with E-state index in [4.69, 9.17) is 15.9 Å². The molecule has 0 aliphatic heterocycles. The van der Waals surface area contributed by atoms with Crippen LogP contribution in [0.25, 0.3) is 0 Å². The molecule has 0 aromatic heterocycles. The average molecular weight is 131 g/mol. The Hall–Kier alpha value is -1.03. The van der Waals surface area contributed by atoms with E-state index in [1.54, 1.807) is 0 Å². The Morgan fingerprint density at radius 1 is 1.67 bits per heavy atom. The van der Waals surface area contributed by atoms with Gasteiger partial charge >= 0.3 is 5.97 Å². The summed E-state index contributed by atoms with van der Waals surface area (Å²) >= 11 is 0. The van der Waals surface area contributed by atoms with Gasteiger partial charge in [0.05, 0.1) is 12.5 Å². The topological polar surface area (TPSA) is 83.5 Å². The van der Waals surface area contributed by atoms with Crippen LogP contribution in [0.5, 0.6) is 0 Å². The maximum Gasteiger partial charge on any atom is 0.305 e. The lowest BCUT2D eigenvalue weighted by Gasteiger charge is -2.04. The first-order valence-electron chi connectivity index (χ1n) is 2.39. The normalized spacial score (nSPS) is 12.6. The first kappa shape index (κ1) is 7.97. The van der Waals surface area contributed by atoms with E-state index in [-0.39, 0.29) is 12.2 Å². The summed E-state index contributed by atoms with van der Waals surface area (Å²) in [7, 11) is 0. The molecule has 0 aromatic carbocycles. The summed E-state index contributed by atoms with van der Waals surface area (Å²) in [6, 6.07) is -0.845. The fraction of sp³-hybridized carbons (Fsp3) is 0.400. The molecular weight excluding hydrogens is 122 g/mol. The van der Waals surface area contributed by atoms with Gasteiger partial charge in [-0.15, -0.1) is 0 Å². The Kier molecular flexibility index (Phi) is 2.73. The van der Waals surface area contributed by atoms with Gasteiger partial charge in [0.2, 0.25) is 0 Å². The van der Waals surface area contributed by atoms with Crippen LogP contribution in [0.4, 0.5) is 0 Å². The van der Waals surface area contributed by atoms with Crippen LogP contribution < -0.4 is 5.73 Å². The van der Waals surface area contributed by atoms with E-state index in [0.717, 1.165) is 0 Å². The Bertz CT molecular complexity index is 132. The predicted octanol–water partition coefficient (Wildman–Crippen LogP) is -0.140. The standard InChI is InChI=1S/C5H9NO3/c1-3(7)4(6)2-5(8)9/h4,7H,1-2,6H2,(H,8,9)/t4-/m1/s1. The maximum absolute atomic E-state index is 9.88. The van der Waals surface area contributed by atoms with Crippen molar-refractivity contribution in [3.63, 3.8) is 0 Å². The first-order chi connectivity index (χ1) is 4.04. The molecule has 52 valence electrons. The highest BCUT2D eigenvalue weighted by molar-refractivity contribution is 5.67. The van der Waals surface area contributed by atoms with Gasteiger partial charge in [0.1, 0.15) is 5.76 Å². The molecule has 0 heterocycles. The zero-order valence-corrected chi connectivity index (χ0v) is 4.87. The highest BCUT2D eigenvalue weighted by Crippen LogP contribution is 1.95. The minimum atomic E-state index is -1.04. The van der Waals surface area contributed by atoms with Crippen LogP contribution in [0, 0.1) is 0 Å². The molecule has 9 heavy (non-hydrogen) atoms. The molecule has 0 unspecified atom stereocenters. The third-order valence-electron chi connectivity index (χ3n) is 0.823. The monoisotopic (exact) mass is 131 g/mol. The van der Waals surface area contributed by atoms with Gasteiger partial charge < -0.3 is 15.9 Å². The summed E-state index contributed by atoms with van der Waals surface area (Å²) in [6.07, 6.45) is -0.282. The van der Waals surface area contributed by atoms with E-state index in [2.05, 4.69) is 6.58 Å². The zero-order valence-electron chi connectivity index (χ0n) is 4.87. The van der Waals surface area contributed by atoms with Crippen molar-refractivity contribution < 1.29 is 15.0 Å². The second-order valence-corrected chi connectivity index (χ2v) is 1.70. The lowest BCUT2D eigenvalue weighted by Crippen LogP contribution is -2.25. The van der Waals surface area contributed by atoms with Crippen molar-refractivity contribution in [3.05, 3.63) is 12.3 Å². The SMILES string of the molecule is C=C(O)[C@H](N)CC(=O)O. The summed E-state index contributed by atoms with van der Waals surface area (Å²) < 4.78 is 0. The molecule has 0 amide bonds. The second-order valence-electron chi connectivity index (χ2n) is 1.70. The quantitative estimate of drug-likeness (QED) is 0.465. The number of carbonyl (C=O) groups is 1. The summed E-state index contributed by atoms with van der Waals surface area (Å²) in [5, 5.41) is 16.6. The number of aliphatic hydroxyl groups excluding tert-OH is 1. The number of carboxylic acid groups (broad SMARTS) is 1. The fourth-order valence-corrected chi connectivity index (χ4v) is 0.306. The van der Waals surface area contributed by atoms with Crippen molar-refractivity contribution in [3.8, 4) is 0 Å². The smallest absolute Gasteiger partial charge is 0.305 e. The number of aliphatic carboxylic acids is 1. The molecule has 0 spiro atoms. The average Bonchev–Trinajstić information content (AvgIpc) is 1.63. The lowest BCUT2D eigenvalue weighted by atomic mass is 10.2. The van der Waals surface area contributed by atoms with Gasteiger partial charge in [0.25, 0.3) is 0 Å². The molecule has 0 radical (unpaired) electrons. The summed E-state index contributed by atoms with van der Waals surface area (Å²) in [6.45, 7) is 3.08. The van der Waals surface area contributed by atoms with Gasteiger partial charge in [-0.05, 0) is 0 Å². The minimum Gasteiger partial charge on any atom is -0.511 e. The van der Waals surface area contributed by atoms with E-state index in [0.29, 0.717) is 0 Å². The summed E-state index contributed by atoms with van der Waals surface area (Å²) in [4.78, 5) is 9.88. The molecule has 0 aliphatic rings. The number of hydrogen-bond acceptors (Lipinski definition) is 3. The number of hydrogen-bond donors (Lipinski definition) is 3. The van der Waals surface area contributed by atoms with E-state index in [1.807, 2.05) is 0 Å². The Labute approximate surface area is 52.6 Å². The summed E-state index contributed by atoms with van der Waals surface area (Å²) in [5.74, 6) is -1.34. The molecule has 4 nitrogen and oxygen atoms in total. The molecular formula is C5H9NO3. The molecule has 0 bridgehead atoms. The van der Waals surface area contributed by atoms with Crippen molar-refractivity contribution >= 4 is 5.97 Å². The van der Waals surface area contributed by atoms with Crippen molar-refractivity contribution in [2.45, 2.75) is 12.5 Å². The van der Waals surface area contributed by atoms with Gasteiger partial charge in [0.15, 0.2) is 0 Å². The molecule has 0 rings (SSSR count). The lowest BCUT2D eigenvalue weighted by molar-refractivity contribution is -0.137. The van der Waals surface area contributed by atoms with Crippen molar-refractivity contribution in [1.29, 1.82) is 0 Å². The highest BCUT2D eigenvalue weighted by atomic mass is 16.4. The molecule has 4 N–H and O–H groups in total. The molecule has 0 saturated carbocycles. The molecule has 0 fully saturated rings. The van der Waals surface area contributed by atoms with Crippen LogP contribution in [0.15, 0.2) is 12.3 Å². The van der Waals surface area contributed by atoms with Gasteiger partial charge in [-0.1, -0.05) is 6.58 Å². The van der Waals surface area contributed by atoms with Crippen LogP contribution in [0.3, 0.4) is 0 Å². The molecule has 0 aliphatic carbocycles. The zero-order chi connectivity index (χ0) is 7.44. The van der Waals surface area contributed by atoms with E-state index in [1.165, 1.54) is 0 Å². The predicted molar refractivity (Wildman–Crippen MR) is 32.0 cm³/mol. The first-order valence-corrected chi connectivity index (χ1v) is 2.39. The van der Waals surface area contributed by atoms with Crippen molar-refractivity contribution in [2.75, 3.05) is 0 Å². The third kappa shape index (κ3) is 3.54. The Morgan fingerprint density at radius 2 is 2.11 bits per heavy atom. The summed E-state index contributed by atoms with van der Waals surface area (Å²) in [5.41, 5.74) is 5.09. The fourth-order valence-electron chi connectivity index (χ4n) is 0.306. The molecule has 0 aromatic rings. The number of nitrogens with two attached hydrogens (primary N) is 1. The van der Waals surface area contributed by atoms with Crippen LogP contribution in [-0.2, 0) is 4.79 Å². The van der Waals surface area contributed by atoms with Crippen molar-refractivity contribution in [1.82, 2.24) is 0 Å². The van der Waals surface area contributed by atoms with Crippen LogP contribution in [0.2, 0.25) is 0 Å². The number of aliphatic hydroxyl groups is 1. The van der Waals surface area contributed by atoms with Gasteiger partial charge in [-0.25, -0.2) is 0 Å². The molecule has 1 atom stereocenters. The van der Waals surface area contributed by atoms with E-state index < -0.39 is 12.0 Å². The van der Waals surface area contributed by atoms with Crippen LogP contribution in [-0.4, -0.2) is 22.2 Å². The minimum absolute atomic E-state index is 0.282. The second kappa shape index (κ2) is 3.09. The largest absolute Gasteiger partial charge is 0.511 e. The van der Waals surface area contributed by atoms with Gasteiger partial charge in [-0.3, -0.25) is 4.79 Å². The number of carboxylic acids is 1. The van der Waals surface area contributed by atoms with Gasteiger partial charge in [0, 0.05) is 0 Å². The van der Waals surface area contributed by atoms with Crippen molar-refractivity contribution in [2.24, 2.45) is 5.73 Å². The molecule has 4 heteroatoms. The highest BCUT2D eigenvalue weighted by Gasteiger charge is 2.09.